The lowest BCUT2D eigenvalue weighted by atomic mass is 10.1. The molecule has 15 heavy (non-hydrogen) atoms. The summed E-state index contributed by atoms with van der Waals surface area (Å²) in [6, 6.07) is 4.07. The first kappa shape index (κ1) is 11.6. The second-order valence-electron chi connectivity index (χ2n) is 3.53. The Labute approximate surface area is 91.0 Å². The molecule has 80 valence electrons. The number of pyridine rings is 1. The summed E-state index contributed by atoms with van der Waals surface area (Å²) < 4.78 is 0. The SMILES string of the molecule is CN=C(C)c1cc(C)cc(C(C)=NC)n1. The molecule has 1 aromatic heterocycles. The maximum absolute atomic E-state index is 4.51. The quantitative estimate of drug-likeness (QED) is 0.679. The van der Waals surface area contributed by atoms with Crippen LogP contribution in [-0.4, -0.2) is 30.5 Å². The Kier molecular flexibility index (Phi) is 3.72. The zero-order valence-corrected chi connectivity index (χ0v) is 10.00. The second-order valence-corrected chi connectivity index (χ2v) is 3.53. The van der Waals surface area contributed by atoms with Gasteiger partial charge in [0.15, 0.2) is 0 Å². The Morgan fingerprint density at radius 2 is 1.40 bits per heavy atom. The van der Waals surface area contributed by atoms with E-state index >= 15 is 0 Å². The monoisotopic (exact) mass is 203 g/mol. The summed E-state index contributed by atoms with van der Waals surface area (Å²) in [5.74, 6) is 0. The predicted molar refractivity (Wildman–Crippen MR) is 65.2 cm³/mol. The second kappa shape index (κ2) is 4.82. The number of aryl methyl sites for hydroxylation is 1. The number of hydrogen-bond acceptors (Lipinski definition) is 3. The molecule has 1 aromatic rings. The first-order valence-electron chi connectivity index (χ1n) is 4.94. The Bertz CT molecular complexity index is 381. The van der Waals surface area contributed by atoms with Gasteiger partial charge in [0.05, 0.1) is 22.8 Å². The highest BCUT2D eigenvalue weighted by Gasteiger charge is 2.04. The first-order valence-corrected chi connectivity index (χ1v) is 4.94. The van der Waals surface area contributed by atoms with Crippen LogP contribution < -0.4 is 0 Å². The average molecular weight is 203 g/mol. The van der Waals surface area contributed by atoms with Crippen LogP contribution in [0, 0.1) is 6.92 Å². The first-order chi connectivity index (χ1) is 7.08. The van der Waals surface area contributed by atoms with E-state index in [0.29, 0.717) is 0 Å². The highest BCUT2D eigenvalue weighted by Crippen LogP contribution is 2.07. The molecule has 0 aliphatic rings. The molecule has 0 saturated carbocycles. The molecule has 0 saturated heterocycles. The molecule has 0 aromatic carbocycles. The topological polar surface area (TPSA) is 37.6 Å². The summed E-state index contributed by atoms with van der Waals surface area (Å²) in [7, 11) is 3.56. The standard InChI is InChI=1S/C12H17N3/c1-8-6-11(9(2)13-4)15-12(7-8)10(3)14-5/h6-7H,1-5H3. The summed E-state index contributed by atoms with van der Waals surface area (Å²) in [5.41, 5.74) is 4.93. The molecule has 1 heterocycles. The van der Waals surface area contributed by atoms with Gasteiger partial charge in [-0.1, -0.05) is 0 Å². The van der Waals surface area contributed by atoms with Gasteiger partial charge in [-0.25, -0.2) is 4.98 Å². The van der Waals surface area contributed by atoms with E-state index < -0.39 is 0 Å². The van der Waals surface area contributed by atoms with Crippen LogP contribution >= 0.6 is 0 Å². The molecular formula is C12H17N3. The molecule has 1 rings (SSSR count). The molecule has 0 atom stereocenters. The van der Waals surface area contributed by atoms with Gasteiger partial charge < -0.3 is 0 Å². The van der Waals surface area contributed by atoms with Crippen molar-refractivity contribution in [1.29, 1.82) is 0 Å². The fraction of sp³-hybridized carbons (Fsp3) is 0.417. The normalized spacial score (nSPS) is 13.1. The van der Waals surface area contributed by atoms with Crippen LogP contribution in [0.3, 0.4) is 0 Å². The lowest BCUT2D eigenvalue weighted by molar-refractivity contribution is 1.20. The highest BCUT2D eigenvalue weighted by molar-refractivity contribution is 6.00. The maximum Gasteiger partial charge on any atom is 0.0847 e. The molecule has 0 bridgehead atoms. The van der Waals surface area contributed by atoms with Crippen LogP contribution in [0.1, 0.15) is 30.8 Å². The predicted octanol–water partition coefficient (Wildman–Crippen LogP) is 2.27. The lowest BCUT2D eigenvalue weighted by Gasteiger charge is -2.05. The fourth-order valence-electron chi connectivity index (χ4n) is 1.27. The Morgan fingerprint density at radius 3 is 1.73 bits per heavy atom. The third-order valence-electron chi connectivity index (χ3n) is 2.38. The smallest absolute Gasteiger partial charge is 0.0847 e. The van der Waals surface area contributed by atoms with Crippen molar-refractivity contribution in [3.05, 3.63) is 29.1 Å². The van der Waals surface area contributed by atoms with Gasteiger partial charge in [-0.3, -0.25) is 9.98 Å². The van der Waals surface area contributed by atoms with Gasteiger partial charge in [-0.2, -0.15) is 0 Å². The van der Waals surface area contributed by atoms with Crippen LogP contribution in [0.5, 0.6) is 0 Å². The highest BCUT2D eigenvalue weighted by atomic mass is 14.8. The summed E-state index contributed by atoms with van der Waals surface area (Å²) in [6.45, 7) is 5.98. The van der Waals surface area contributed by atoms with Gasteiger partial charge in [0.25, 0.3) is 0 Å². The molecule has 0 aliphatic heterocycles. The van der Waals surface area contributed by atoms with Crippen molar-refractivity contribution in [2.75, 3.05) is 14.1 Å². The summed E-state index contributed by atoms with van der Waals surface area (Å²) in [5, 5.41) is 0. The van der Waals surface area contributed by atoms with E-state index in [0.717, 1.165) is 22.8 Å². The van der Waals surface area contributed by atoms with Crippen molar-refractivity contribution < 1.29 is 0 Å². The van der Waals surface area contributed by atoms with Gasteiger partial charge in [-0.15, -0.1) is 0 Å². The van der Waals surface area contributed by atoms with E-state index in [1.165, 1.54) is 5.56 Å². The van der Waals surface area contributed by atoms with E-state index in [2.05, 4.69) is 21.9 Å². The number of rotatable bonds is 2. The third kappa shape index (κ3) is 2.72. The minimum Gasteiger partial charge on any atom is -0.291 e. The lowest BCUT2D eigenvalue weighted by Crippen LogP contribution is -2.06. The van der Waals surface area contributed by atoms with E-state index in [9.17, 15) is 0 Å². The minimum absolute atomic E-state index is 0.926. The van der Waals surface area contributed by atoms with Gasteiger partial charge in [0.1, 0.15) is 0 Å². The Morgan fingerprint density at radius 1 is 1.00 bits per heavy atom. The van der Waals surface area contributed by atoms with Crippen molar-refractivity contribution in [2.45, 2.75) is 20.8 Å². The molecule has 3 nitrogen and oxygen atoms in total. The third-order valence-corrected chi connectivity index (χ3v) is 2.38. The average Bonchev–Trinajstić information content (AvgIpc) is 2.26. The fourth-order valence-corrected chi connectivity index (χ4v) is 1.27. The van der Waals surface area contributed by atoms with Gasteiger partial charge in [0, 0.05) is 14.1 Å². The largest absolute Gasteiger partial charge is 0.291 e. The van der Waals surface area contributed by atoms with Crippen LogP contribution in [-0.2, 0) is 0 Å². The summed E-state index contributed by atoms with van der Waals surface area (Å²) >= 11 is 0. The van der Waals surface area contributed by atoms with E-state index in [4.69, 9.17) is 0 Å². The number of aliphatic imine (C=N–C) groups is 2. The number of nitrogens with zero attached hydrogens (tertiary/aromatic N) is 3. The molecule has 0 spiro atoms. The molecule has 0 amide bonds. The van der Waals surface area contributed by atoms with Crippen LogP contribution in [0.2, 0.25) is 0 Å². The Hall–Kier alpha value is -1.51. The van der Waals surface area contributed by atoms with Gasteiger partial charge >= 0.3 is 0 Å². The molecule has 0 unspecified atom stereocenters. The van der Waals surface area contributed by atoms with Gasteiger partial charge in [-0.05, 0) is 38.5 Å². The Balaban J connectivity index is 3.29. The summed E-state index contributed by atoms with van der Waals surface area (Å²) in [6.07, 6.45) is 0. The summed E-state index contributed by atoms with van der Waals surface area (Å²) in [4.78, 5) is 12.8. The van der Waals surface area contributed by atoms with Gasteiger partial charge in [0.2, 0.25) is 0 Å². The van der Waals surface area contributed by atoms with Crippen LogP contribution in [0.25, 0.3) is 0 Å². The van der Waals surface area contributed by atoms with Crippen molar-refractivity contribution in [3.63, 3.8) is 0 Å². The van der Waals surface area contributed by atoms with Crippen LogP contribution in [0.4, 0.5) is 0 Å². The minimum atomic E-state index is 0.926. The van der Waals surface area contributed by atoms with Crippen molar-refractivity contribution in [3.8, 4) is 0 Å². The molecule has 0 fully saturated rings. The van der Waals surface area contributed by atoms with Crippen molar-refractivity contribution in [2.24, 2.45) is 9.98 Å². The number of hydrogen-bond donors (Lipinski definition) is 0. The zero-order chi connectivity index (χ0) is 11.4. The van der Waals surface area contributed by atoms with E-state index in [-0.39, 0.29) is 0 Å². The molecule has 3 heteroatoms. The van der Waals surface area contributed by atoms with Crippen molar-refractivity contribution in [1.82, 2.24) is 4.98 Å². The number of aromatic nitrogens is 1. The molecule has 0 radical (unpaired) electrons. The molecule has 0 N–H and O–H groups in total. The maximum atomic E-state index is 4.51. The van der Waals surface area contributed by atoms with Crippen LogP contribution in [0.15, 0.2) is 22.1 Å². The zero-order valence-electron chi connectivity index (χ0n) is 10.00. The molecular weight excluding hydrogens is 186 g/mol. The van der Waals surface area contributed by atoms with E-state index in [1.807, 2.05) is 26.0 Å². The van der Waals surface area contributed by atoms with E-state index in [1.54, 1.807) is 14.1 Å². The van der Waals surface area contributed by atoms with Crippen molar-refractivity contribution >= 4 is 11.4 Å². The molecule has 0 aliphatic carbocycles.